The molecule has 0 aromatic heterocycles. The number of carbonyl (C=O) groups is 1. The smallest absolute Gasteiger partial charge is 0.224 e. The monoisotopic (exact) mass is 532 g/mol. The molecule has 29 heavy (non-hydrogen) atoms. The summed E-state index contributed by atoms with van der Waals surface area (Å²) in [5, 5.41) is 9.83. The number of nitrogens with zero attached hydrogens (tertiary/aromatic N) is 1. The molecule has 7 nitrogen and oxygen atoms in total. The summed E-state index contributed by atoms with van der Waals surface area (Å²) in [7, 11) is 4.86. The number of halogens is 2. The quantitative estimate of drug-likeness (QED) is 0.203. The molecule has 0 atom stereocenters. The number of methoxy groups -OCH3 is 2. The number of amides is 1. The van der Waals surface area contributed by atoms with E-state index in [1.54, 1.807) is 45.5 Å². The molecule has 1 amide bonds. The van der Waals surface area contributed by atoms with Crippen LogP contribution in [-0.4, -0.2) is 39.7 Å². The van der Waals surface area contributed by atoms with Gasteiger partial charge in [0, 0.05) is 42.5 Å². The zero-order chi connectivity index (χ0) is 20.4. The van der Waals surface area contributed by atoms with E-state index >= 15 is 0 Å². The fraction of sp³-hybridized carbons (Fsp3) is 0.300. The Labute approximate surface area is 193 Å². The van der Waals surface area contributed by atoms with Crippen LogP contribution in [0.5, 0.6) is 11.5 Å². The van der Waals surface area contributed by atoms with Crippen molar-refractivity contribution >= 4 is 58.8 Å². The van der Waals surface area contributed by atoms with Crippen LogP contribution in [0, 0.1) is 0 Å². The Hall–Kier alpha value is -2.20. The van der Waals surface area contributed by atoms with E-state index in [1.807, 2.05) is 18.2 Å². The lowest BCUT2D eigenvalue weighted by atomic mass is 10.2. The van der Waals surface area contributed by atoms with Crippen LogP contribution in [0.15, 0.2) is 47.5 Å². The largest absolute Gasteiger partial charge is 0.493 e. The lowest BCUT2D eigenvalue weighted by Gasteiger charge is -2.14. The Bertz CT molecular complexity index is 816. The van der Waals surface area contributed by atoms with Gasteiger partial charge in [0.05, 0.1) is 14.2 Å². The molecule has 0 saturated heterocycles. The molecule has 0 saturated carbocycles. The van der Waals surface area contributed by atoms with E-state index in [0.29, 0.717) is 41.9 Å². The molecular formula is C20H26ClIN4O3. The average molecular weight is 533 g/mol. The number of benzene rings is 2. The molecule has 3 N–H and O–H groups in total. The summed E-state index contributed by atoms with van der Waals surface area (Å²) in [6.45, 7) is 0.598. The summed E-state index contributed by atoms with van der Waals surface area (Å²) in [5.41, 5.74) is 1.54. The third-order valence-electron chi connectivity index (χ3n) is 3.87. The van der Waals surface area contributed by atoms with Gasteiger partial charge < -0.3 is 25.4 Å². The Morgan fingerprint density at radius 3 is 2.28 bits per heavy atom. The molecule has 158 valence electrons. The number of ether oxygens (including phenoxy) is 2. The molecule has 0 aliphatic rings. The summed E-state index contributed by atoms with van der Waals surface area (Å²) in [6, 6.07) is 12.5. The molecule has 0 spiro atoms. The van der Waals surface area contributed by atoms with Crippen LogP contribution < -0.4 is 25.4 Å². The summed E-state index contributed by atoms with van der Waals surface area (Å²) in [5.74, 6) is 1.84. The Morgan fingerprint density at radius 2 is 1.66 bits per heavy atom. The van der Waals surface area contributed by atoms with Crippen LogP contribution in [0.4, 0.5) is 11.4 Å². The van der Waals surface area contributed by atoms with Crippen LogP contribution in [0.2, 0.25) is 5.02 Å². The van der Waals surface area contributed by atoms with Crippen molar-refractivity contribution in [2.75, 3.05) is 38.4 Å². The first-order chi connectivity index (χ1) is 13.5. The highest BCUT2D eigenvalue weighted by molar-refractivity contribution is 14.0. The van der Waals surface area contributed by atoms with Gasteiger partial charge in [0.25, 0.3) is 0 Å². The number of anilines is 2. The van der Waals surface area contributed by atoms with Gasteiger partial charge in [0.1, 0.15) is 0 Å². The van der Waals surface area contributed by atoms with Gasteiger partial charge in [-0.1, -0.05) is 11.6 Å². The maximum atomic E-state index is 12.0. The predicted molar refractivity (Wildman–Crippen MR) is 129 cm³/mol. The van der Waals surface area contributed by atoms with Crippen LogP contribution in [0.25, 0.3) is 0 Å². The second-order valence-corrected chi connectivity index (χ2v) is 6.29. The Morgan fingerprint density at radius 1 is 1.00 bits per heavy atom. The van der Waals surface area contributed by atoms with Crippen LogP contribution in [-0.2, 0) is 4.79 Å². The highest BCUT2D eigenvalue weighted by atomic mass is 127. The second-order valence-electron chi connectivity index (χ2n) is 5.85. The van der Waals surface area contributed by atoms with E-state index in [-0.39, 0.29) is 29.9 Å². The molecule has 2 aromatic carbocycles. The van der Waals surface area contributed by atoms with E-state index < -0.39 is 0 Å². The van der Waals surface area contributed by atoms with Crippen molar-refractivity contribution in [1.82, 2.24) is 5.32 Å². The minimum absolute atomic E-state index is 0. The predicted octanol–water partition coefficient (Wildman–Crippen LogP) is 4.38. The van der Waals surface area contributed by atoms with Crippen LogP contribution in [0.3, 0.4) is 0 Å². The number of hydrogen-bond acceptors (Lipinski definition) is 4. The summed E-state index contributed by atoms with van der Waals surface area (Å²) < 4.78 is 10.5. The Balaban J connectivity index is 0.00000420. The molecular weight excluding hydrogens is 507 g/mol. The highest BCUT2D eigenvalue weighted by Crippen LogP contribution is 2.29. The third-order valence-corrected chi connectivity index (χ3v) is 4.12. The average Bonchev–Trinajstić information content (AvgIpc) is 2.71. The maximum absolute atomic E-state index is 12.0. The van der Waals surface area contributed by atoms with E-state index in [9.17, 15) is 4.79 Å². The standard InChI is InChI=1S/C20H25ClN4O3.HI/c1-22-20(25-16-10-11-17(27-2)18(13-16)28-3)23-12-4-5-19(26)24-15-8-6-14(21)7-9-15;/h6-11,13H,4-5,12H2,1-3H3,(H,24,26)(H2,22,23,25);1H. The van der Waals surface area contributed by atoms with Crippen molar-refractivity contribution in [3.8, 4) is 11.5 Å². The van der Waals surface area contributed by atoms with E-state index in [1.165, 1.54) is 0 Å². The van der Waals surface area contributed by atoms with Crippen molar-refractivity contribution in [3.05, 3.63) is 47.5 Å². The molecule has 0 heterocycles. The minimum atomic E-state index is -0.0491. The zero-order valence-corrected chi connectivity index (χ0v) is 19.7. The Kier molecular flexibility index (Phi) is 11.2. The number of nitrogens with one attached hydrogen (secondary N) is 3. The topological polar surface area (TPSA) is 84.0 Å². The molecule has 0 radical (unpaired) electrons. The molecule has 9 heteroatoms. The summed E-state index contributed by atoms with van der Waals surface area (Å²) in [6.07, 6.45) is 1.05. The summed E-state index contributed by atoms with van der Waals surface area (Å²) >= 11 is 5.83. The van der Waals surface area contributed by atoms with Crippen molar-refractivity contribution in [2.24, 2.45) is 4.99 Å². The number of guanidine groups is 1. The molecule has 0 aliphatic carbocycles. The number of aliphatic imine (C=N–C) groups is 1. The molecule has 0 bridgehead atoms. The number of hydrogen-bond donors (Lipinski definition) is 3. The number of rotatable bonds is 8. The summed E-state index contributed by atoms with van der Waals surface area (Å²) in [4.78, 5) is 16.2. The van der Waals surface area contributed by atoms with Crippen molar-refractivity contribution in [1.29, 1.82) is 0 Å². The van der Waals surface area contributed by atoms with Gasteiger partial charge >= 0.3 is 0 Å². The lowest BCUT2D eigenvalue weighted by molar-refractivity contribution is -0.116. The van der Waals surface area contributed by atoms with Gasteiger partial charge in [-0.2, -0.15) is 0 Å². The first-order valence-electron chi connectivity index (χ1n) is 8.81. The van der Waals surface area contributed by atoms with Gasteiger partial charge in [0.15, 0.2) is 17.5 Å². The van der Waals surface area contributed by atoms with Crippen molar-refractivity contribution in [3.63, 3.8) is 0 Å². The first kappa shape index (κ1) is 24.8. The minimum Gasteiger partial charge on any atom is -0.493 e. The first-order valence-corrected chi connectivity index (χ1v) is 9.18. The molecule has 2 aromatic rings. The molecule has 0 fully saturated rings. The maximum Gasteiger partial charge on any atom is 0.224 e. The van der Waals surface area contributed by atoms with Gasteiger partial charge in [-0.05, 0) is 42.8 Å². The lowest BCUT2D eigenvalue weighted by Crippen LogP contribution is -2.31. The van der Waals surface area contributed by atoms with Crippen molar-refractivity contribution < 1.29 is 14.3 Å². The van der Waals surface area contributed by atoms with E-state index in [0.717, 1.165) is 11.4 Å². The fourth-order valence-corrected chi connectivity index (χ4v) is 2.57. The van der Waals surface area contributed by atoms with E-state index in [2.05, 4.69) is 20.9 Å². The third kappa shape index (κ3) is 8.36. The van der Waals surface area contributed by atoms with Crippen molar-refractivity contribution in [2.45, 2.75) is 12.8 Å². The fourth-order valence-electron chi connectivity index (χ4n) is 2.44. The van der Waals surface area contributed by atoms with Crippen LogP contribution >= 0.6 is 35.6 Å². The van der Waals surface area contributed by atoms with Crippen LogP contribution in [0.1, 0.15) is 12.8 Å². The van der Waals surface area contributed by atoms with Gasteiger partial charge in [-0.3, -0.25) is 9.79 Å². The SMILES string of the molecule is CN=C(NCCCC(=O)Nc1ccc(Cl)cc1)Nc1ccc(OC)c(OC)c1.I. The normalized spacial score (nSPS) is 10.6. The molecule has 0 aliphatic heterocycles. The van der Waals surface area contributed by atoms with Gasteiger partial charge in [0.2, 0.25) is 5.91 Å². The molecule has 0 unspecified atom stereocenters. The second kappa shape index (κ2) is 13.1. The molecule has 2 rings (SSSR count). The zero-order valence-electron chi connectivity index (χ0n) is 16.6. The number of carbonyl (C=O) groups excluding carboxylic acids is 1. The highest BCUT2D eigenvalue weighted by Gasteiger charge is 2.07. The van der Waals surface area contributed by atoms with Gasteiger partial charge in [-0.15, -0.1) is 24.0 Å². The van der Waals surface area contributed by atoms with E-state index in [4.69, 9.17) is 21.1 Å². The van der Waals surface area contributed by atoms with Gasteiger partial charge in [-0.25, -0.2) is 0 Å².